The SMILES string of the molecule is C=CC1CCN(S(=O)(=O)O)C1=O. The molecule has 0 aliphatic carbocycles. The minimum atomic E-state index is -4.36. The summed E-state index contributed by atoms with van der Waals surface area (Å²) in [6, 6.07) is 0. The van der Waals surface area contributed by atoms with Crippen LogP contribution in [-0.2, 0) is 15.1 Å². The zero-order chi connectivity index (χ0) is 9.35. The van der Waals surface area contributed by atoms with E-state index in [1.165, 1.54) is 6.08 Å². The molecule has 1 saturated heterocycles. The average molecular weight is 191 g/mol. The van der Waals surface area contributed by atoms with Gasteiger partial charge in [0, 0.05) is 6.54 Å². The zero-order valence-electron chi connectivity index (χ0n) is 6.30. The van der Waals surface area contributed by atoms with Crippen LogP contribution in [0.15, 0.2) is 12.7 Å². The zero-order valence-corrected chi connectivity index (χ0v) is 7.12. The molecule has 0 radical (unpaired) electrons. The maximum atomic E-state index is 11.1. The van der Waals surface area contributed by atoms with Crippen molar-refractivity contribution in [3.8, 4) is 0 Å². The lowest BCUT2D eigenvalue weighted by molar-refractivity contribution is -0.126. The van der Waals surface area contributed by atoms with Gasteiger partial charge in [-0.2, -0.15) is 8.42 Å². The van der Waals surface area contributed by atoms with Crippen LogP contribution >= 0.6 is 0 Å². The molecule has 68 valence electrons. The molecule has 0 aromatic heterocycles. The van der Waals surface area contributed by atoms with Crippen LogP contribution in [0.2, 0.25) is 0 Å². The largest absolute Gasteiger partial charge is 0.362 e. The summed E-state index contributed by atoms with van der Waals surface area (Å²) in [6.07, 6.45) is 1.77. The molecule has 1 heterocycles. The third-order valence-electron chi connectivity index (χ3n) is 1.77. The van der Waals surface area contributed by atoms with Gasteiger partial charge >= 0.3 is 10.3 Å². The highest BCUT2D eigenvalue weighted by molar-refractivity contribution is 7.84. The van der Waals surface area contributed by atoms with E-state index in [4.69, 9.17) is 4.55 Å². The fraction of sp³-hybridized carbons (Fsp3) is 0.500. The van der Waals surface area contributed by atoms with E-state index in [0.29, 0.717) is 10.7 Å². The standard InChI is InChI=1S/C6H9NO4S/c1-2-5-3-4-7(6(5)8)12(9,10)11/h2,5H,1,3-4H2,(H,9,10,11). The highest BCUT2D eigenvalue weighted by Gasteiger charge is 2.36. The van der Waals surface area contributed by atoms with Gasteiger partial charge in [-0.15, -0.1) is 6.58 Å². The molecule has 0 aromatic rings. The summed E-state index contributed by atoms with van der Waals surface area (Å²) in [5.74, 6) is -1.08. The van der Waals surface area contributed by atoms with Gasteiger partial charge in [0.2, 0.25) is 5.91 Å². The van der Waals surface area contributed by atoms with Gasteiger partial charge in [-0.1, -0.05) is 6.08 Å². The van der Waals surface area contributed by atoms with Gasteiger partial charge in [0.05, 0.1) is 5.92 Å². The molecule has 1 amide bonds. The quantitative estimate of drug-likeness (QED) is 0.485. The Morgan fingerprint density at radius 3 is 2.50 bits per heavy atom. The number of carbonyl (C=O) groups is 1. The minimum absolute atomic E-state index is 0.0361. The number of carbonyl (C=O) groups excluding carboxylic acids is 1. The Morgan fingerprint density at radius 2 is 2.25 bits per heavy atom. The summed E-state index contributed by atoms with van der Waals surface area (Å²) < 4.78 is 30.1. The van der Waals surface area contributed by atoms with E-state index in [-0.39, 0.29) is 6.54 Å². The van der Waals surface area contributed by atoms with Gasteiger partial charge in [-0.25, -0.2) is 4.31 Å². The normalized spacial score (nSPS) is 24.6. The molecule has 0 aromatic carbocycles. The molecular formula is C6H9NO4S. The van der Waals surface area contributed by atoms with Gasteiger partial charge in [0.15, 0.2) is 0 Å². The van der Waals surface area contributed by atoms with E-state index in [1.807, 2.05) is 0 Å². The predicted molar refractivity (Wildman–Crippen MR) is 41.6 cm³/mol. The highest BCUT2D eigenvalue weighted by atomic mass is 32.2. The van der Waals surface area contributed by atoms with E-state index in [9.17, 15) is 13.2 Å². The molecule has 12 heavy (non-hydrogen) atoms. The van der Waals surface area contributed by atoms with Crippen molar-refractivity contribution in [2.75, 3.05) is 6.54 Å². The summed E-state index contributed by atoms with van der Waals surface area (Å²) in [4.78, 5) is 11.1. The average Bonchev–Trinajstić information content (AvgIpc) is 2.29. The number of nitrogens with zero attached hydrogens (tertiary/aromatic N) is 1. The molecule has 1 fully saturated rings. The molecule has 1 rings (SSSR count). The van der Waals surface area contributed by atoms with Crippen molar-refractivity contribution in [3.05, 3.63) is 12.7 Å². The van der Waals surface area contributed by atoms with Gasteiger partial charge in [-0.05, 0) is 6.42 Å². The number of hydrogen-bond donors (Lipinski definition) is 1. The Hall–Kier alpha value is -0.880. The lowest BCUT2D eigenvalue weighted by Gasteiger charge is -2.10. The fourth-order valence-corrected chi connectivity index (χ4v) is 1.82. The third-order valence-corrected chi connectivity index (χ3v) is 2.69. The summed E-state index contributed by atoms with van der Waals surface area (Å²) in [5, 5.41) is 0. The van der Waals surface area contributed by atoms with Crippen molar-refractivity contribution in [2.24, 2.45) is 5.92 Å². The second-order valence-corrected chi connectivity index (χ2v) is 3.86. The maximum absolute atomic E-state index is 11.1. The Labute approximate surface area is 70.6 Å². The highest BCUT2D eigenvalue weighted by Crippen LogP contribution is 2.20. The maximum Gasteiger partial charge on any atom is 0.362 e. The Kier molecular flexibility index (Phi) is 2.20. The van der Waals surface area contributed by atoms with Crippen molar-refractivity contribution in [1.82, 2.24) is 4.31 Å². The van der Waals surface area contributed by atoms with E-state index >= 15 is 0 Å². The predicted octanol–water partition coefficient (Wildman–Crippen LogP) is -0.176. The first-order chi connectivity index (χ1) is 5.46. The molecule has 1 aliphatic heterocycles. The lowest BCUT2D eigenvalue weighted by atomic mass is 10.1. The second-order valence-electron chi connectivity index (χ2n) is 2.52. The van der Waals surface area contributed by atoms with E-state index < -0.39 is 22.1 Å². The number of rotatable bonds is 2. The van der Waals surface area contributed by atoms with Crippen LogP contribution in [-0.4, -0.2) is 29.7 Å². The molecule has 1 atom stereocenters. The van der Waals surface area contributed by atoms with E-state index in [1.54, 1.807) is 0 Å². The van der Waals surface area contributed by atoms with Crippen LogP contribution < -0.4 is 0 Å². The Bertz CT molecular complexity index is 308. The Morgan fingerprint density at radius 1 is 1.67 bits per heavy atom. The molecule has 6 heteroatoms. The third kappa shape index (κ3) is 1.49. The second kappa shape index (κ2) is 2.87. The first-order valence-electron chi connectivity index (χ1n) is 3.38. The van der Waals surface area contributed by atoms with Gasteiger partial charge in [-0.3, -0.25) is 9.35 Å². The van der Waals surface area contributed by atoms with Gasteiger partial charge < -0.3 is 0 Å². The Balaban J connectivity index is 2.88. The molecular weight excluding hydrogens is 182 g/mol. The van der Waals surface area contributed by atoms with Crippen LogP contribution in [0.25, 0.3) is 0 Å². The number of hydrogen-bond acceptors (Lipinski definition) is 3. The smallest absolute Gasteiger partial charge is 0.273 e. The first kappa shape index (κ1) is 9.21. The molecule has 1 N–H and O–H groups in total. The fourth-order valence-electron chi connectivity index (χ4n) is 1.12. The van der Waals surface area contributed by atoms with Crippen LogP contribution in [0.3, 0.4) is 0 Å². The lowest BCUT2D eigenvalue weighted by Crippen LogP contribution is -2.32. The van der Waals surface area contributed by atoms with E-state index in [2.05, 4.69) is 6.58 Å². The summed E-state index contributed by atoms with van der Waals surface area (Å²) in [6.45, 7) is 3.42. The monoisotopic (exact) mass is 191 g/mol. The molecule has 5 nitrogen and oxygen atoms in total. The van der Waals surface area contributed by atoms with E-state index in [0.717, 1.165) is 0 Å². The van der Waals surface area contributed by atoms with Crippen molar-refractivity contribution < 1.29 is 17.8 Å². The molecule has 0 bridgehead atoms. The minimum Gasteiger partial charge on any atom is -0.273 e. The van der Waals surface area contributed by atoms with Crippen LogP contribution in [0.4, 0.5) is 0 Å². The van der Waals surface area contributed by atoms with Crippen LogP contribution in [0.5, 0.6) is 0 Å². The summed E-state index contributed by atoms with van der Waals surface area (Å²) in [7, 11) is -4.36. The summed E-state index contributed by atoms with van der Waals surface area (Å²) in [5.41, 5.74) is 0. The molecule has 1 unspecified atom stereocenters. The molecule has 1 aliphatic rings. The molecule has 0 saturated carbocycles. The summed E-state index contributed by atoms with van der Waals surface area (Å²) >= 11 is 0. The van der Waals surface area contributed by atoms with Crippen molar-refractivity contribution in [3.63, 3.8) is 0 Å². The van der Waals surface area contributed by atoms with Crippen LogP contribution in [0.1, 0.15) is 6.42 Å². The van der Waals surface area contributed by atoms with Crippen molar-refractivity contribution in [2.45, 2.75) is 6.42 Å². The van der Waals surface area contributed by atoms with Gasteiger partial charge in [0.1, 0.15) is 0 Å². The molecule has 0 spiro atoms. The van der Waals surface area contributed by atoms with Crippen molar-refractivity contribution in [1.29, 1.82) is 0 Å². The number of amides is 1. The van der Waals surface area contributed by atoms with Gasteiger partial charge in [0.25, 0.3) is 0 Å². The topological polar surface area (TPSA) is 74.7 Å². The van der Waals surface area contributed by atoms with Crippen molar-refractivity contribution >= 4 is 16.2 Å². The first-order valence-corrected chi connectivity index (χ1v) is 4.78. The van der Waals surface area contributed by atoms with Crippen LogP contribution in [0, 0.1) is 5.92 Å².